The summed E-state index contributed by atoms with van der Waals surface area (Å²) in [7, 11) is 3.41. The number of rotatable bonds is 6. The van der Waals surface area contributed by atoms with Crippen LogP contribution in [-0.2, 0) is 33.6 Å². The van der Waals surface area contributed by atoms with Crippen molar-refractivity contribution in [3.63, 3.8) is 0 Å². The fourth-order valence-corrected chi connectivity index (χ4v) is 4.23. The first kappa shape index (κ1) is 25.0. The van der Waals surface area contributed by atoms with Gasteiger partial charge in [-0.25, -0.2) is 9.78 Å². The zero-order chi connectivity index (χ0) is 25.2. The molecule has 34 heavy (non-hydrogen) atoms. The molecule has 4 rings (SSSR count). The largest absolute Gasteiger partial charge is 0.365 e. The van der Waals surface area contributed by atoms with Crippen LogP contribution in [0.1, 0.15) is 44.5 Å². The van der Waals surface area contributed by atoms with E-state index in [2.05, 4.69) is 30.4 Å². The molecule has 0 bridgehead atoms. The fourth-order valence-electron chi connectivity index (χ4n) is 4.23. The van der Waals surface area contributed by atoms with Gasteiger partial charge >= 0.3 is 5.69 Å². The average Bonchev–Trinajstić information content (AvgIpc) is 3.47. The van der Waals surface area contributed by atoms with E-state index in [1.807, 2.05) is 49.5 Å². The summed E-state index contributed by atoms with van der Waals surface area (Å²) in [5.74, 6) is 0.860. The number of aryl methyl sites for hydroxylation is 2. The van der Waals surface area contributed by atoms with Gasteiger partial charge in [0.05, 0.1) is 6.54 Å². The molecular formula is C25H35N7O2. The minimum absolute atomic E-state index is 0.221. The number of hydrogen-bond donors (Lipinski definition) is 1. The zero-order valence-corrected chi connectivity index (χ0v) is 21.2. The molecule has 0 fully saturated rings. The van der Waals surface area contributed by atoms with Crippen molar-refractivity contribution in [1.29, 1.82) is 0 Å². The molecule has 0 radical (unpaired) electrons. The molecule has 0 atom stereocenters. The third kappa shape index (κ3) is 4.42. The number of H-pyrrole nitrogens is 1. The second-order valence-corrected chi connectivity index (χ2v) is 8.90. The topological polar surface area (TPSA) is 95.4 Å². The second-order valence-electron chi connectivity index (χ2n) is 8.90. The molecule has 0 saturated heterocycles. The Morgan fingerprint density at radius 1 is 1.24 bits per heavy atom. The monoisotopic (exact) mass is 465 g/mol. The van der Waals surface area contributed by atoms with Crippen LogP contribution in [0.4, 0.5) is 0 Å². The van der Waals surface area contributed by atoms with Crippen molar-refractivity contribution in [1.82, 2.24) is 33.4 Å². The number of imidazole rings is 1. The summed E-state index contributed by atoms with van der Waals surface area (Å²) in [6.45, 7) is 14.5. The molecule has 0 aromatic carbocycles. The van der Waals surface area contributed by atoms with Crippen molar-refractivity contribution >= 4 is 11.0 Å². The third-order valence-corrected chi connectivity index (χ3v) is 5.78. The van der Waals surface area contributed by atoms with Gasteiger partial charge in [-0.05, 0) is 37.3 Å². The summed E-state index contributed by atoms with van der Waals surface area (Å²) in [4.78, 5) is 34.0. The lowest BCUT2D eigenvalue weighted by Gasteiger charge is -2.11. The van der Waals surface area contributed by atoms with Gasteiger partial charge in [-0.15, -0.1) is 6.58 Å². The second kappa shape index (κ2) is 10.1. The first-order valence-electron chi connectivity index (χ1n) is 11.6. The average molecular weight is 466 g/mol. The Bertz CT molecular complexity index is 1430. The van der Waals surface area contributed by atoms with Crippen molar-refractivity contribution < 1.29 is 0 Å². The van der Waals surface area contributed by atoms with Crippen molar-refractivity contribution in [2.24, 2.45) is 20.0 Å². The summed E-state index contributed by atoms with van der Waals surface area (Å²) < 4.78 is 6.45. The maximum absolute atomic E-state index is 13.3. The zero-order valence-electron chi connectivity index (χ0n) is 21.2. The number of aromatic amines is 1. The van der Waals surface area contributed by atoms with Gasteiger partial charge in [0, 0.05) is 44.9 Å². The van der Waals surface area contributed by atoms with E-state index in [1.165, 1.54) is 17.2 Å². The van der Waals surface area contributed by atoms with E-state index in [4.69, 9.17) is 5.10 Å². The van der Waals surface area contributed by atoms with Crippen LogP contribution in [0.15, 0.2) is 40.8 Å². The van der Waals surface area contributed by atoms with E-state index >= 15 is 0 Å². The molecule has 9 nitrogen and oxygen atoms in total. The van der Waals surface area contributed by atoms with Crippen LogP contribution in [0, 0.1) is 12.8 Å². The number of aromatic nitrogens is 7. The van der Waals surface area contributed by atoms with Gasteiger partial charge in [0.15, 0.2) is 11.5 Å². The molecule has 0 aliphatic rings. The van der Waals surface area contributed by atoms with Crippen LogP contribution < -0.4 is 11.2 Å². The van der Waals surface area contributed by atoms with Crippen molar-refractivity contribution in [3.05, 3.63) is 68.9 Å². The van der Waals surface area contributed by atoms with E-state index in [-0.39, 0.29) is 17.2 Å². The lowest BCUT2D eigenvalue weighted by molar-refractivity contribution is 0.498. The van der Waals surface area contributed by atoms with Crippen molar-refractivity contribution in [2.45, 2.75) is 54.1 Å². The van der Waals surface area contributed by atoms with E-state index in [9.17, 15) is 9.59 Å². The van der Waals surface area contributed by atoms with E-state index in [0.29, 0.717) is 35.6 Å². The van der Waals surface area contributed by atoms with Crippen molar-refractivity contribution in [2.75, 3.05) is 0 Å². The third-order valence-electron chi connectivity index (χ3n) is 5.78. The molecule has 0 aliphatic heterocycles. The van der Waals surface area contributed by atoms with Crippen LogP contribution in [0.2, 0.25) is 0 Å². The van der Waals surface area contributed by atoms with Crippen LogP contribution in [-0.4, -0.2) is 33.4 Å². The summed E-state index contributed by atoms with van der Waals surface area (Å²) >= 11 is 0. The molecule has 1 N–H and O–H groups in total. The summed E-state index contributed by atoms with van der Waals surface area (Å²) in [5.41, 5.74) is 3.79. The van der Waals surface area contributed by atoms with E-state index in [1.54, 1.807) is 16.8 Å². The van der Waals surface area contributed by atoms with E-state index < -0.39 is 0 Å². The number of hydrogen-bond acceptors (Lipinski definition) is 4. The Balaban J connectivity index is 0.00000103. The van der Waals surface area contributed by atoms with Gasteiger partial charge in [-0.2, -0.15) is 5.10 Å². The smallest absolute Gasteiger partial charge is 0.332 e. The Morgan fingerprint density at radius 3 is 2.47 bits per heavy atom. The first-order chi connectivity index (χ1) is 16.2. The molecule has 9 heteroatoms. The summed E-state index contributed by atoms with van der Waals surface area (Å²) in [6, 6.07) is 0. The van der Waals surface area contributed by atoms with Gasteiger partial charge in [0.2, 0.25) is 0 Å². The van der Waals surface area contributed by atoms with Gasteiger partial charge in [-0.3, -0.25) is 18.6 Å². The molecule has 0 amide bonds. The number of allylic oxidation sites excluding steroid dienone is 1. The lowest BCUT2D eigenvalue weighted by Crippen LogP contribution is -2.38. The van der Waals surface area contributed by atoms with Crippen LogP contribution >= 0.6 is 0 Å². The summed E-state index contributed by atoms with van der Waals surface area (Å²) in [5, 5.41) is 5.22. The summed E-state index contributed by atoms with van der Waals surface area (Å²) in [6.07, 6.45) is 8.17. The standard InChI is InChI=1S/C22H29N7O2.C3H6/c1-7-16-14(4)24-10-15(16)12-29-18(20-23-8-9-26(20)5)17-19(25-29)28(11-13(2)3)22(31)27(6)21(17)30;1-3-2/h8-10,13,24H,7,11-12H2,1-6H3;3H,1H2,2H3. The Labute approximate surface area is 199 Å². The molecule has 4 aromatic heterocycles. The Kier molecular flexibility index (Phi) is 7.44. The highest BCUT2D eigenvalue weighted by Gasteiger charge is 2.25. The lowest BCUT2D eigenvalue weighted by atomic mass is 10.1. The van der Waals surface area contributed by atoms with Crippen LogP contribution in [0.5, 0.6) is 0 Å². The first-order valence-corrected chi connectivity index (χ1v) is 11.6. The number of fused-ring (bicyclic) bond motifs is 1. The molecule has 0 unspecified atom stereocenters. The predicted octanol–water partition coefficient (Wildman–Crippen LogP) is 3.39. The minimum Gasteiger partial charge on any atom is -0.365 e. The molecular weight excluding hydrogens is 430 g/mol. The van der Waals surface area contributed by atoms with Gasteiger partial charge < -0.3 is 9.55 Å². The maximum atomic E-state index is 13.3. The molecule has 0 aliphatic carbocycles. The van der Waals surface area contributed by atoms with Gasteiger partial charge in [-0.1, -0.05) is 26.8 Å². The molecule has 4 heterocycles. The van der Waals surface area contributed by atoms with Crippen LogP contribution in [0.3, 0.4) is 0 Å². The highest BCUT2D eigenvalue weighted by molar-refractivity contribution is 5.89. The van der Waals surface area contributed by atoms with E-state index in [0.717, 1.165) is 17.7 Å². The highest BCUT2D eigenvalue weighted by atomic mass is 16.2. The van der Waals surface area contributed by atoms with Gasteiger partial charge in [0.25, 0.3) is 5.56 Å². The molecule has 0 spiro atoms. The van der Waals surface area contributed by atoms with Gasteiger partial charge in [0.1, 0.15) is 11.1 Å². The number of nitrogens with zero attached hydrogens (tertiary/aromatic N) is 6. The highest BCUT2D eigenvalue weighted by Crippen LogP contribution is 2.27. The quantitative estimate of drug-likeness (QED) is 0.442. The number of nitrogens with one attached hydrogen (secondary N) is 1. The van der Waals surface area contributed by atoms with Crippen LogP contribution in [0.25, 0.3) is 22.6 Å². The SMILES string of the molecule is C=CC.CCc1c(Cn2nc3c(c2-c2nccn2C)c(=O)n(C)c(=O)n3CC(C)C)c[nH]c1C. The van der Waals surface area contributed by atoms with Crippen molar-refractivity contribution in [3.8, 4) is 11.5 Å². The maximum Gasteiger partial charge on any atom is 0.332 e. The predicted molar refractivity (Wildman–Crippen MR) is 136 cm³/mol. The Morgan fingerprint density at radius 2 is 1.91 bits per heavy atom. The minimum atomic E-state index is -0.356. The fraction of sp³-hybridized carbons (Fsp3) is 0.440. The normalized spacial score (nSPS) is 11.2. The molecule has 4 aromatic rings. The Hall–Kier alpha value is -3.62. The molecule has 182 valence electrons. The molecule has 0 saturated carbocycles.